The van der Waals surface area contributed by atoms with E-state index in [2.05, 4.69) is 32.6 Å². The summed E-state index contributed by atoms with van der Waals surface area (Å²) in [5.41, 5.74) is 0. The molecular weight excluding hydrogens is 695 g/mol. The average Bonchev–Trinajstić information content (AvgIpc) is 3.20. The fourth-order valence-electron chi connectivity index (χ4n) is 8.08. The van der Waals surface area contributed by atoms with E-state index in [-0.39, 0.29) is 30.4 Å². The maximum Gasteiger partial charge on any atom is 0.308 e. The molecule has 0 aromatic heterocycles. The Balaban J connectivity index is 4.04. The van der Waals surface area contributed by atoms with Crippen LogP contribution in [0.3, 0.4) is 0 Å². The molecular formula is C50H99NO5. The highest BCUT2D eigenvalue weighted by Crippen LogP contribution is 2.22. The lowest BCUT2D eigenvalue weighted by molar-refractivity contribution is -0.150. The molecule has 0 saturated carbocycles. The summed E-state index contributed by atoms with van der Waals surface area (Å²) in [6.45, 7) is 13.3. The zero-order valence-corrected chi connectivity index (χ0v) is 38.4. The summed E-state index contributed by atoms with van der Waals surface area (Å²) >= 11 is 0. The molecule has 0 bridgehead atoms. The molecule has 2 atom stereocenters. The van der Waals surface area contributed by atoms with Gasteiger partial charge in [0.15, 0.2) is 0 Å². The molecule has 0 aromatic rings. The Morgan fingerprint density at radius 3 is 0.964 bits per heavy atom. The SMILES string of the molecule is CCCCCCCCC(CCCCCC)C(=O)OCCCCCCCCCN(CCO)CCCCCCCOC(=O)C(CCCCCC)CCCCCCCC. The van der Waals surface area contributed by atoms with Gasteiger partial charge in [0.05, 0.1) is 31.7 Å². The molecule has 6 heteroatoms. The number of aliphatic hydroxyl groups is 1. The zero-order valence-electron chi connectivity index (χ0n) is 38.4. The van der Waals surface area contributed by atoms with E-state index >= 15 is 0 Å². The zero-order chi connectivity index (χ0) is 41.0. The van der Waals surface area contributed by atoms with Crippen molar-refractivity contribution in [2.24, 2.45) is 11.8 Å². The van der Waals surface area contributed by atoms with Crippen molar-refractivity contribution in [1.82, 2.24) is 4.90 Å². The number of aliphatic hydroxyl groups excluding tert-OH is 1. The lowest BCUT2D eigenvalue weighted by atomic mass is 9.94. The number of carbonyl (C=O) groups excluding carboxylic acids is 2. The van der Waals surface area contributed by atoms with Crippen molar-refractivity contribution in [1.29, 1.82) is 0 Å². The Kier molecular flexibility index (Phi) is 44.0. The minimum atomic E-state index is 0.0583. The molecule has 0 radical (unpaired) electrons. The summed E-state index contributed by atoms with van der Waals surface area (Å²) in [5, 5.41) is 9.61. The molecule has 0 spiro atoms. The van der Waals surface area contributed by atoms with Crippen LogP contribution in [-0.4, -0.2) is 61.4 Å². The van der Waals surface area contributed by atoms with Crippen LogP contribution in [0.15, 0.2) is 0 Å². The van der Waals surface area contributed by atoms with Crippen LogP contribution in [0.2, 0.25) is 0 Å². The molecule has 0 rings (SSSR count). The number of hydrogen-bond acceptors (Lipinski definition) is 6. The van der Waals surface area contributed by atoms with Crippen LogP contribution in [0.5, 0.6) is 0 Å². The fraction of sp³-hybridized carbons (Fsp3) is 0.960. The quantitative estimate of drug-likeness (QED) is 0.0489. The second-order valence-corrected chi connectivity index (χ2v) is 17.3. The van der Waals surface area contributed by atoms with Crippen LogP contribution >= 0.6 is 0 Å². The number of ether oxygens (including phenoxy) is 2. The molecule has 334 valence electrons. The lowest BCUT2D eigenvalue weighted by Crippen LogP contribution is -2.29. The average molecular weight is 794 g/mol. The van der Waals surface area contributed by atoms with Crippen molar-refractivity contribution in [3.8, 4) is 0 Å². The van der Waals surface area contributed by atoms with E-state index < -0.39 is 0 Å². The van der Waals surface area contributed by atoms with Crippen molar-refractivity contribution < 1.29 is 24.2 Å². The minimum Gasteiger partial charge on any atom is -0.465 e. The third kappa shape index (κ3) is 37.2. The highest BCUT2D eigenvalue weighted by atomic mass is 16.5. The molecule has 0 aliphatic rings. The van der Waals surface area contributed by atoms with Gasteiger partial charge in [-0.05, 0) is 64.5 Å². The second kappa shape index (κ2) is 45.0. The largest absolute Gasteiger partial charge is 0.465 e. The van der Waals surface area contributed by atoms with Crippen LogP contribution in [0.1, 0.15) is 259 Å². The number of rotatable bonds is 46. The molecule has 0 aromatic carbocycles. The Morgan fingerprint density at radius 1 is 0.375 bits per heavy atom. The monoisotopic (exact) mass is 794 g/mol. The summed E-state index contributed by atoms with van der Waals surface area (Å²) in [6.07, 6.45) is 43.0. The molecule has 0 aliphatic carbocycles. The van der Waals surface area contributed by atoms with Gasteiger partial charge in [-0.25, -0.2) is 0 Å². The van der Waals surface area contributed by atoms with Crippen LogP contribution in [0.25, 0.3) is 0 Å². The smallest absolute Gasteiger partial charge is 0.308 e. The van der Waals surface area contributed by atoms with Crippen LogP contribution in [-0.2, 0) is 19.1 Å². The van der Waals surface area contributed by atoms with Gasteiger partial charge < -0.3 is 19.5 Å². The van der Waals surface area contributed by atoms with E-state index in [0.717, 1.165) is 96.7 Å². The molecule has 1 N–H and O–H groups in total. The van der Waals surface area contributed by atoms with Gasteiger partial charge in [-0.3, -0.25) is 9.59 Å². The fourth-order valence-corrected chi connectivity index (χ4v) is 8.08. The van der Waals surface area contributed by atoms with E-state index in [4.69, 9.17) is 9.47 Å². The molecule has 0 heterocycles. The Morgan fingerprint density at radius 2 is 0.643 bits per heavy atom. The Hall–Kier alpha value is -1.14. The number of nitrogens with zero attached hydrogens (tertiary/aromatic N) is 1. The van der Waals surface area contributed by atoms with E-state index in [1.807, 2.05) is 0 Å². The number of esters is 2. The van der Waals surface area contributed by atoms with Gasteiger partial charge in [0, 0.05) is 6.54 Å². The maximum atomic E-state index is 12.9. The molecule has 0 amide bonds. The lowest BCUT2D eigenvalue weighted by Gasteiger charge is -2.21. The van der Waals surface area contributed by atoms with Crippen LogP contribution in [0, 0.1) is 11.8 Å². The molecule has 0 fully saturated rings. The van der Waals surface area contributed by atoms with Crippen molar-refractivity contribution in [2.45, 2.75) is 259 Å². The standard InChI is InChI=1S/C50H99NO5/c1-5-9-13-17-23-31-39-47(37-29-15-11-7-3)49(53)55-45-35-27-21-19-20-25-33-41-51(43-44-52)42-34-26-22-28-36-46-56-50(54)48(38-30-16-12-8-4)40-32-24-18-14-10-6-2/h47-48,52H,5-46H2,1-4H3. The minimum absolute atomic E-state index is 0.0583. The molecule has 2 unspecified atom stereocenters. The van der Waals surface area contributed by atoms with E-state index in [1.165, 1.54) is 154 Å². The van der Waals surface area contributed by atoms with E-state index in [1.54, 1.807) is 0 Å². The maximum absolute atomic E-state index is 12.9. The van der Waals surface area contributed by atoms with Crippen LogP contribution < -0.4 is 0 Å². The van der Waals surface area contributed by atoms with Crippen molar-refractivity contribution in [2.75, 3.05) is 39.5 Å². The normalized spacial score (nSPS) is 12.7. The summed E-state index contributed by atoms with van der Waals surface area (Å²) in [4.78, 5) is 28.2. The predicted octanol–water partition coefficient (Wildman–Crippen LogP) is 14.7. The first-order valence-electron chi connectivity index (χ1n) is 25.2. The first-order valence-corrected chi connectivity index (χ1v) is 25.2. The third-order valence-electron chi connectivity index (χ3n) is 11.9. The van der Waals surface area contributed by atoms with Crippen molar-refractivity contribution in [3.63, 3.8) is 0 Å². The predicted molar refractivity (Wildman–Crippen MR) is 241 cm³/mol. The van der Waals surface area contributed by atoms with Gasteiger partial charge in [-0.2, -0.15) is 0 Å². The number of unbranched alkanes of at least 4 members (excludes halogenated alkanes) is 26. The number of carbonyl (C=O) groups is 2. The van der Waals surface area contributed by atoms with E-state index in [0.29, 0.717) is 13.2 Å². The van der Waals surface area contributed by atoms with Crippen molar-refractivity contribution in [3.05, 3.63) is 0 Å². The summed E-state index contributed by atoms with van der Waals surface area (Å²) in [7, 11) is 0. The van der Waals surface area contributed by atoms with Gasteiger partial charge in [-0.1, -0.05) is 207 Å². The first kappa shape index (κ1) is 54.9. The summed E-state index contributed by atoms with van der Waals surface area (Å²) in [5.74, 6) is 0.327. The summed E-state index contributed by atoms with van der Waals surface area (Å²) in [6, 6.07) is 0. The van der Waals surface area contributed by atoms with Gasteiger partial charge in [-0.15, -0.1) is 0 Å². The van der Waals surface area contributed by atoms with Gasteiger partial charge in [0.2, 0.25) is 0 Å². The number of hydrogen-bond donors (Lipinski definition) is 1. The van der Waals surface area contributed by atoms with Crippen LogP contribution in [0.4, 0.5) is 0 Å². The Labute approximate surface area is 350 Å². The Bertz CT molecular complexity index is 806. The first-order chi connectivity index (χ1) is 27.5. The van der Waals surface area contributed by atoms with E-state index in [9.17, 15) is 14.7 Å². The second-order valence-electron chi connectivity index (χ2n) is 17.3. The molecule has 6 nitrogen and oxygen atoms in total. The summed E-state index contributed by atoms with van der Waals surface area (Å²) < 4.78 is 11.6. The molecule has 0 aliphatic heterocycles. The third-order valence-corrected chi connectivity index (χ3v) is 11.9. The topological polar surface area (TPSA) is 76.1 Å². The molecule has 0 saturated heterocycles. The van der Waals surface area contributed by atoms with Gasteiger partial charge in [0.25, 0.3) is 0 Å². The highest BCUT2D eigenvalue weighted by Gasteiger charge is 2.20. The van der Waals surface area contributed by atoms with Gasteiger partial charge in [0.1, 0.15) is 0 Å². The van der Waals surface area contributed by atoms with Crippen molar-refractivity contribution >= 4 is 11.9 Å². The van der Waals surface area contributed by atoms with Gasteiger partial charge >= 0.3 is 11.9 Å². The molecule has 56 heavy (non-hydrogen) atoms. The highest BCUT2D eigenvalue weighted by molar-refractivity contribution is 5.72.